The fourth-order valence-corrected chi connectivity index (χ4v) is 3.82. The van der Waals surface area contributed by atoms with Gasteiger partial charge >= 0.3 is 6.03 Å². The number of urea groups is 1. The number of nitrogens with zero attached hydrogens (tertiary/aromatic N) is 4. The van der Waals surface area contributed by atoms with Crippen LogP contribution in [0.25, 0.3) is 0 Å². The van der Waals surface area contributed by atoms with Gasteiger partial charge in [0.15, 0.2) is 5.82 Å². The van der Waals surface area contributed by atoms with Gasteiger partial charge in [-0.2, -0.15) is 0 Å². The molecule has 0 spiro atoms. The molecule has 7 heteroatoms. The van der Waals surface area contributed by atoms with Crippen LogP contribution in [-0.4, -0.2) is 44.5 Å². The highest BCUT2D eigenvalue weighted by Gasteiger charge is 2.32. The van der Waals surface area contributed by atoms with Crippen molar-refractivity contribution in [3.8, 4) is 0 Å². The largest absolute Gasteiger partial charge is 0.338 e. The Morgan fingerprint density at radius 2 is 2.21 bits per heavy atom. The first-order valence-electron chi connectivity index (χ1n) is 8.32. The molecule has 0 saturated carbocycles. The van der Waals surface area contributed by atoms with Gasteiger partial charge in [-0.25, -0.2) is 4.79 Å². The van der Waals surface area contributed by atoms with E-state index in [4.69, 9.17) is 0 Å². The molecule has 2 amide bonds. The number of aryl methyl sites for hydroxylation is 1. The summed E-state index contributed by atoms with van der Waals surface area (Å²) in [7, 11) is 1.92. The number of amides is 2. The molecule has 2 aromatic rings. The van der Waals surface area contributed by atoms with Crippen LogP contribution in [0.1, 0.15) is 31.1 Å². The van der Waals surface area contributed by atoms with Gasteiger partial charge in [0.2, 0.25) is 0 Å². The Kier molecular flexibility index (Phi) is 5.74. The minimum atomic E-state index is 0.00483. The van der Waals surface area contributed by atoms with Crippen LogP contribution in [0, 0.1) is 0 Å². The number of carbonyl (C=O) groups is 1. The van der Waals surface area contributed by atoms with Crippen molar-refractivity contribution >= 4 is 17.8 Å². The van der Waals surface area contributed by atoms with E-state index in [-0.39, 0.29) is 12.1 Å². The molecule has 24 heavy (non-hydrogen) atoms. The van der Waals surface area contributed by atoms with E-state index in [1.165, 1.54) is 4.90 Å². The maximum atomic E-state index is 12.4. The van der Waals surface area contributed by atoms with E-state index in [1.54, 1.807) is 6.33 Å². The zero-order valence-corrected chi connectivity index (χ0v) is 14.7. The molecule has 1 fully saturated rings. The predicted molar refractivity (Wildman–Crippen MR) is 94.9 cm³/mol. The Morgan fingerprint density at radius 1 is 1.38 bits per heavy atom. The number of nitrogens with one attached hydrogen (secondary N) is 1. The van der Waals surface area contributed by atoms with Gasteiger partial charge in [0.25, 0.3) is 0 Å². The van der Waals surface area contributed by atoms with Gasteiger partial charge in [-0.3, -0.25) is 0 Å². The lowest BCUT2D eigenvalue weighted by atomic mass is 10.2. The summed E-state index contributed by atoms with van der Waals surface area (Å²) >= 11 is 1.82. The molecule has 2 heterocycles. The van der Waals surface area contributed by atoms with Crippen LogP contribution in [-0.2, 0) is 7.05 Å². The van der Waals surface area contributed by atoms with E-state index < -0.39 is 0 Å². The van der Waals surface area contributed by atoms with E-state index in [0.717, 1.165) is 37.4 Å². The first-order valence-corrected chi connectivity index (χ1v) is 9.30. The zero-order chi connectivity index (χ0) is 16.8. The van der Waals surface area contributed by atoms with Crippen molar-refractivity contribution in [1.29, 1.82) is 0 Å². The lowest BCUT2D eigenvalue weighted by molar-refractivity contribution is 0.190. The van der Waals surface area contributed by atoms with Gasteiger partial charge in [-0.05, 0) is 37.1 Å². The third-order valence-electron chi connectivity index (χ3n) is 4.17. The van der Waals surface area contributed by atoms with Gasteiger partial charge < -0.3 is 14.8 Å². The van der Waals surface area contributed by atoms with Crippen molar-refractivity contribution in [1.82, 2.24) is 25.0 Å². The van der Waals surface area contributed by atoms with Gasteiger partial charge in [0, 0.05) is 25.0 Å². The maximum absolute atomic E-state index is 12.4. The van der Waals surface area contributed by atoms with Crippen molar-refractivity contribution in [2.75, 3.05) is 18.8 Å². The van der Waals surface area contributed by atoms with Crippen LogP contribution in [0.2, 0.25) is 0 Å². The lowest BCUT2D eigenvalue weighted by Crippen LogP contribution is -2.40. The average molecular weight is 345 g/mol. The summed E-state index contributed by atoms with van der Waals surface area (Å²) in [6.45, 7) is 1.48. The second-order valence-electron chi connectivity index (χ2n) is 5.90. The normalized spacial score (nSPS) is 17.2. The fourth-order valence-electron chi connectivity index (χ4n) is 2.95. The Bertz CT molecular complexity index is 660. The summed E-state index contributed by atoms with van der Waals surface area (Å²) in [5.74, 6) is 1.86. The summed E-state index contributed by atoms with van der Waals surface area (Å²) in [4.78, 5) is 15.6. The molecular weight excluding hydrogens is 322 g/mol. The van der Waals surface area contributed by atoms with Crippen molar-refractivity contribution < 1.29 is 4.79 Å². The summed E-state index contributed by atoms with van der Waals surface area (Å²) in [6.07, 6.45) is 4.59. The highest BCUT2D eigenvalue weighted by Crippen LogP contribution is 2.30. The highest BCUT2D eigenvalue weighted by molar-refractivity contribution is 7.99. The SMILES string of the molecule is Cn1cnnc1[C@H]1CCCN1C(=O)NCCCSc1ccccc1. The Morgan fingerprint density at radius 3 is 2.96 bits per heavy atom. The van der Waals surface area contributed by atoms with Crippen LogP contribution < -0.4 is 5.32 Å². The van der Waals surface area contributed by atoms with Crippen molar-refractivity contribution in [2.45, 2.75) is 30.2 Å². The minimum absolute atomic E-state index is 0.00483. The molecule has 0 radical (unpaired) electrons. The molecule has 0 unspecified atom stereocenters. The van der Waals surface area contributed by atoms with Crippen LogP contribution in [0.15, 0.2) is 41.6 Å². The number of aromatic nitrogens is 3. The first kappa shape index (κ1) is 16.8. The number of likely N-dealkylation sites (tertiary alicyclic amines) is 1. The number of hydrogen-bond acceptors (Lipinski definition) is 4. The molecule has 128 valence electrons. The van der Waals surface area contributed by atoms with Gasteiger partial charge in [0.05, 0.1) is 6.04 Å². The van der Waals surface area contributed by atoms with Crippen molar-refractivity contribution in [3.05, 3.63) is 42.5 Å². The monoisotopic (exact) mass is 345 g/mol. The van der Waals surface area contributed by atoms with E-state index in [9.17, 15) is 4.79 Å². The summed E-state index contributed by atoms with van der Waals surface area (Å²) in [6, 6.07) is 10.4. The molecule has 3 rings (SSSR count). The molecule has 0 aliphatic carbocycles. The minimum Gasteiger partial charge on any atom is -0.338 e. The van der Waals surface area contributed by atoms with Crippen LogP contribution in [0.3, 0.4) is 0 Å². The number of hydrogen-bond donors (Lipinski definition) is 1. The topological polar surface area (TPSA) is 63.1 Å². The number of rotatable bonds is 6. The molecule has 1 N–H and O–H groups in total. The number of thioether (sulfide) groups is 1. The van der Waals surface area contributed by atoms with E-state index in [2.05, 4.69) is 27.6 Å². The molecule has 1 saturated heterocycles. The van der Waals surface area contributed by atoms with Gasteiger partial charge in [-0.1, -0.05) is 18.2 Å². The van der Waals surface area contributed by atoms with Gasteiger partial charge in [0.1, 0.15) is 6.33 Å². The summed E-state index contributed by atoms with van der Waals surface area (Å²) in [5, 5.41) is 11.1. The highest BCUT2D eigenvalue weighted by atomic mass is 32.2. The number of benzene rings is 1. The maximum Gasteiger partial charge on any atom is 0.318 e. The van der Waals surface area contributed by atoms with E-state index in [1.807, 2.05) is 46.5 Å². The van der Waals surface area contributed by atoms with E-state index in [0.29, 0.717) is 6.54 Å². The predicted octanol–water partition coefficient (Wildman–Crippen LogP) is 2.84. The Labute approximate surface area is 146 Å². The standard InChI is InChI=1S/C17H23N5OS/c1-21-13-19-20-16(21)15-9-5-11-22(15)17(23)18-10-6-12-24-14-7-3-2-4-8-14/h2-4,7-8,13,15H,5-6,9-12H2,1H3,(H,18,23)/t15-/m1/s1. The van der Waals surface area contributed by atoms with Crippen LogP contribution >= 0.6 is 11.8 Å². The zero-order valence-electron chi connectivity index (χ0n) is 13.9. The third-order valence-corrected chi connectivity index (χ3v) is 5.27. The van der Waals surface area contributed by atoms with Crippen molar-refractivity contribution in [2.24, 2.45) is 7.05 Å². The molecule has 1 aromatic heterocycles. The smallest absolute Gasteiger partial charge is 0.318 e. The van der Waals surface area contributed by atoms with Crippen LogP contribution in [0.4, 0.5) is 4.79 Å². The lowest BCUT2D eigenvalue weighted by Gasteiger charge is -2.24. The van der Waals surface area contributed by atoms with Crippen molar-refractivity contribution in [3.63, 3.8) is 0 Å². The van der Waals surface area contributed by atoms with Gasteiger partial charge in [-0.15, -0.1) is 22.0 Å². The second-order valence-corrected chi connectivity index (χ2v) is 7.07. The third kappa shape index (κ3) is 4.08. The summed E-state index contributed by atoms with van der Waals surface area (Å²) < 4.78 is 1.90. The van der Waals surface area contributed by atoms with Crippen LogP contribution in [0.5, 0.6) is 0 Å². The molecule has 1 aromatic carbocycles. The first-order chi connectivity index (χ1) is 11.8. The molecule has 1 aliphatic heterocycles. The quantitative estimate of drug-likeness (QED) is 0.646. The van der Waals surface area contributed by atoms with E-state index >= 15 is 0 Å². The Balaban J connectivity index is 1.42. The fraction of sp³-hybridized carbons (Fsp3) is 0.471. The molecule has 6 nitrogen and oxygen atoms in total. The Hall–Kier alpha value is -2.02. The molecule has 1 aliphatic rings. The second kappa shape index (κ2) is 8.19. The molecule has 0 bridgehead atoms. The summed E-state index contributed by atoms with van der Waals surface area (Å²) in [5.41, 5.74) is 0. The molecular formula is C17H23N5OS. The molecule has 1 atom stereocenters. The average Bonchev–Trinajstić information content (AvgIpc) is 3.23. The number of carbonyl (C=O) groups excluding carboxylic acids is 1.